The van der Waals surface area contributed by atoms with Crippen LogP contribution in [0.3, 0.4) is 0 Å². The minimum atomic E-state index is 0.643. The van der Waals surface area contributed by atoms with E-state index in [9.17, 15) is 0 Å². The Labute approximate surface area is 79.3 Å². The Bertz CT molecular complexity index is 314. The second kappa shape index (κ2) is 5.16. The first-order chi connectivity index (χ1) is 6.38. The monoisotopic (exact) mass is 171 g/mol. The van der Waals surface area contributed by atoms with Gasteiger partial charge in [-0.3, -0.25) is 0 Å². The predicted octanol–water partition coefficient (Wildman–Crippen LogP) is 3.53. The summed E-state index contributed by atoms with van der Waals surface area (Å²) in [5.74, 6) is 0. The highest BCUT2D eigenvalue weighted by Crippen LogP contribution is 2.32. The van der Waals surface area contributed by atoms with Crippen LogP contribution in [-0.4, -0.2) is 0 Å². The molecule has 0 aromatic rings. The van der Waals surface area contributed by atoms with E-state index in [0.29, 0.717) is 6.42 Å². The molecule has 0 fully saturated rings. The van der Waals surface area contributed by atoms with Gasteiger partial charge in [0, 0.05) is 6.42 Å². The van der Waals surface area contributed by atoms with Gasteiger partial charge in [0.1, 0.15) is 0 Å². The molecule has 1 nitrogen and oxygen atoms in total. The summed E-state index contributed by atoms with van der Waals surface area (Å²) in [7, 11) is 0. The Hall–Kier alpha value is -1.55. The highest BCUT2D eigenvalue weighted by molar-refractivity contribution is 5.80. The van der Waals surface area contributed by atoms with Crippen LogP contribution in [0.25, 0.3) is 11.1 Å². The molecule has 2 aliphatic rings. The van der Waals surface area contributed by atoms with Crippen LogP contribution in [0.1, 0.15) is 19.8 Å². The van der Waals surface area contributed by atoms with Crippen LogP contribution in [0.2, 0.25) is 0 Å². The van der Waals surface area contributed by atoms with E-state index >= 15 is 0 Å². The molecule has 2 rings (SSSR count). The lowest BCUT2D eigenvalue weighted by atomic mass is 10.3. The van der Waals surface area contributed by atoms with Crippen LogP contribution < -0.4 is 0 Å². The third-order valence-electron chi connectivity index (χ3n) is 1.77. The normalized spacial score (nSPS) is 10.2. The third kappa shape index (κ3) is 3.57. The van der Waals surface area contributed by atoms with E-state index in [1.165, 1.54) is 11.1 Å². The van der Waals surface area contributed by atoms with Crippen molar-refractivity contribution in [2.75, 3.05) is 0 Å². The average molecular weight is 171 g/mol. The fourth-order valence-electron chi connectivity index (χ4n) is 0.990. The SMILES string of the molecule is CC=CCCC#N.c1cc2cc-2c1. The van der Waals surface area contributed by atoms with Gasteiger partial charge < -0.3 is 0 Å². The van der Waals surface area contributed by atoms with Crippen LogP contribution >= 0.6 is 0 Å². The fraction of sp³-hybridized carbons (Fsp3) is 0.250. The van der Waals surface area contributed by atoms with Crippen molar-refractivity contribution >= 4 is 0 Å². The lowest BCUT2D eigenvalue weighted by Crippen LogP contribution is -1.59. The number of unbranched alkanes of at least 4 members (excludes halogenated alkanes) is 1. The smallest absolute Gasteiger partial charge is 0.0624 e. The summed E-state index contributed by atoms with van der Waals surface area (Å²) in [5.41, 5.74) is 2.85. The number of allylic oxidation sites excluding steroid dienone is 2. The number of nitriles is 1. The van der Waals surface area contributed by atoms with Crippen LogP contribution in [0, 0.1) is 11.3 Å². The molecular weight excluding hydrogens is 158 g/mol. The first-order valence-electron chi connectivity index (χ1n) is 4.47. The van der Waals surface area contributed by atoms with E-state index in [1.54, 1.807) is 0 Å². The molecule has 0 heterocycles. The summed E-state index contributed by atoms with van der Waals surface area (Å²) in [5, 5.41) is 8.01. The molecule has 66 valence electrons. The van der Waals surface area contributed by atoms with Crippen LogP contribution in [0.15, 0.2) is 36.4 Å². The Balaban J connectivity index is 0.000000130. The van der Waals surface area contributed by atoms with Crippen molar-refractivity contribution in [2.45, 2.75) is 19.8 Å². The van der Waals surface area contributed by atoms with Crippen molar-refractivity contribution in [3.63, 3.8) is 0 Å². The number of rotatable bonds is 2. The minimum Gasteiger partial charge on any atom is -0.198 e. The molecule has 0 radical (unpaired) electrons. The Kier molecular flexibility index (Phi) is 3.78. The first-order valence-corrected chi connectivity index (χ1v) is 4.47. The van der Waals surface area contributed by atoms with Crippen LogP contribution in [0.4, 0.5) is 0 Å². The van der Waals surface area contributed by atoms with Crippen molar-refractivity contribution in [2.24, 2.45) is 0 Å². The van der Waals surface area contributed by atoms with Gasteiger partial charge in [-0.15, -0.1) is 0 Å². The lowest BCUT2D eigenvalue weighted by Gasteiger charge is -1.74. The van der Waals surface area contributed by atoms with E-state index in [2.05, 4.69) is 30.3 Å². The minimum absolute atomic E-state index is 0.643. The first kappa shape index (κ1) is 9.54. The average Bonchev–Trinajstić information content (AvgIpc) is 2.76. The molecule has 0 N–H and O–H groups in total. The molecule has 0 aromatic heterocycles. The summed E-state index contributed by atoms with van der Waals surface area (Å²) in [6, 6.07) is 10.5. The quantitative estimate of drug-likeness (QED) is 0.501. The molecule has 0 amide bonds. The number of hydrogen-bond acceptors (Lipinski definition) is 1. The zero-order chi connectivity index (χ0) is 9.52. The molecule has 0 saturated heterocycles. The highest BCUT2D eigenvalue weighted by atomic mass is 14.2. The summed E-state index contributed by atoms with van der Waals surface area (Å²) in [6.07, 6.45) is 5.48. The Morgan fingerprint density at radius 3 is 2.38 bits per heavy atom. The van der Waals surface area contributed by atoms with Gasteiger partial charge in [-0.2, -0.15) is 5.26 Å². The molecule has 0 atom stereocenters. The van der Waals surface area contributed by atoms with Crippen molar-refractivity contribution < 1.29 is 0 Å². The van der Waals surface area contributed by atoms with Gasteiger partial charge in [-0.25, -0.2) is 0 Å². The van der Waals surface area contributed by atoms with Crippen molar-refractivity contribution in [3.05, 3.63) is 36.4 Å². The van der Waals surface area contributed by atoms with Gasteiger partial charge in [-0.05, 0) is 30.5 Å². The summed E-state index contributed by atoms with van der Waals surface area (Å²) < 4.78 is 0. The molecule has 0 saturated carbocycles. The molecule has 0 unspecified atom stereocenters. The second-order valence-corrected chi connectivity index (χ2v) is 2.85. The number of hydrogen-bond donors (Lipinski definition) is 0. The van der Waals surface area contributed by atoms with Gasteiger partial charge in [0.15, 0.2) is 0 Å². The van der Waals surface area contributed by atoms with Crippen molar-refractivity contribution in [3.8, 4) is 17.2 Å². The molecular formula is C12H13N. The summed E-state index contributed by atoms with van der Waals surface area (Å²) in [4.78, 5) is 0. The van der Waals surface area contributed by atoms with Gasteiger partial charge in [-0.1, -0.05) is 30.4 Å². The zero-order valence-corrected chi connectivity index (χ0v) is 7.83. The van der Waals surface area contributed by atoms with E-state index in [1.807, 2.05) is 19.1 Å². The molecule has 0 spiro atoms. The highest BCUT2D eigenvalue weighted by Gasteiger charge is 2.06. The van der Waals surface area contributed by atoms with E-state index in [-0.39, 0.29) is 0 Å². The Morgan fingerprint density at radius 1 is 1.38 bits per heavy atom. The Morgan fingerprint density at radius 2 is 2.08 bits per heavy atom. The molecule has 2 aliphatic carbocycles. The molecule has 1 heteroatoms. The van der Waals surface area contributed by atoms with Gasteiger partial charge >= 0.3 is 0 Å². The molecule has 13 heavy (non-hydrogen) atoms. The maximum absolute atomic E-state index is 8.01. The predicted molar refractivity (Wildman–Crippen MR) is 55.1 cm³/mol. The molecule has 0 bridgehead atoms. The topological polar surface area (TPSA) is 23.8 Å². The maximum Gasteiger partial charge on any atom is 0.0624 e. The van der Waals surface area contributed by atoms with Crippen LogP contribution in [-0.2, 0) is 0 Å². The van der Waals surface area contributed by atoms with Gasteiger partial charge in [0.05, 0.1) is 6.07 Å². The van der Waals surface area contributed by atoms with E-state index in [4.69, 9.17) is 5.26 Å². The van der Waals surface area contributed by atoms with E-state index in [0.717, 1.165) is 6.42 Å². The maximum atomic E-state index is 8.01. The number of benzene rings is 1. The van der Waals surface area contributed by atoms with Crippen LogP contribution in [0.5, 0.6) is 0 Å². The van der Waals surface area contributed by atoms with Gasteiger partial charge in [0.2, 0.25) is 0 Å². The summed E-state index contributed by atoms with van der Waals surface area (Å²) in [6.45, 7) is 1.96. The number of fused-ring (bicyclic) bond motifs is 1. The van der Waals surface area contributed by atoms with E-state index < -0.39 is 0 Å². The second-order valence-electron chi connectivity index (χ2n) is 2.85. The fourth-order valence-corrected chi connectivity index (χ4v) is 0.990. The molecule has 0 aromatic carbocycles. The largest absolute Gasteiger partial charge is 0.198 e. The third-order valence-corrected chi connectivity index (χ3v) is 1.77. The van der Waals surface area contributed by atoms with Crippen molar-refractivity contribution in [1.29, 1.82) is 5.26 Å². The van der Waals surface area contributed by atoms with Gasteiger partial charge in [0.25, 0.3) is 0 Å². The zero-order valence-electron chi connectivity index (χ0n) is 7.83. The van der Waals surface area contributed by atoms with Crippen molar-refractivity contribution in [1.82, 2.24) is 0 Å². The number of nitrogens with zero attached hydrogens (tertiary/aromatic N) is 1. The summed E-state index contributed by atoms with van der Waals surface area (Å²) >= 11 is 0. The molecule has 0 aliphatic heterocycles. The standard InChI is InChI=1S/C6H9N.C6H4/c1-2-3-4-5-6-7;1-2-5-4-6(5)3-1/h2-3H,4-5H2,1H3;1-4H. The lowest BCUT2D eigenvalue weighted by molar-refractivity contribution is 1.06.